The van der Waals surface area contributed by atoms with Gasteiger partial charge in [0.2, 0.25) is 11.8 Å². The van der Waals surface area contributed by atoms with Gasteiger partial charge in [0.25, 0.3) is 0 Å². The molecule has 1 aliphatic rings. The summed E-state index contributed by atoms with van der Waals surface area (Å²) in [7, 11) is 0. The number of amides is 2. The van der Waals surface area contributed by atoms with E-state index in [1.165, 1.54) is 39.3 Å². The number of hydrogen-bond acceptors (Lipinski definition) is 6. The van der Waals surface area contributed by atoms with E-state index < -0.39 is 24.6 Å². The van der Waals surface area contributed by atoms with Crippen molar-refractivity contribution in [3.05, 3.63) is 66.9 Å². The van der Waals surface area contributed by atoms with Crippen LogP contribution in [0.5, 0.6) is 5.88 Å². The van der Waals surface area contributed by atoms with Crippen LogP contribution in [0.3, 0.4) is 0 Å². The molecule has 3 rings (SSSR count). The van der Waals surface area contributed by atoms with Gasteiger partial charge >= 0.3 is 6.09 Å². The Kier molecular flexibility index (Phi) is 6.94. The Morgan fingerprint density at radius 2 is 1.75 bits per heavy atom. The molecule has 0 aliphatic carbocycles. The Hall–Kier alpha value is -3.14. The highest BCUT2D eigenvalue weighted by atomic mass is 35.5. The van der Waals surface area contributed by atoms with Crippen molar-refractivity contribution in [2.24, 2.45) is 5.73 Å². The molecule has 0 radical (unpaired) electrons. The number of aryl methyl sites for hydroxylation is 1. The number of para-hydroxylation sites is 1. The number of halogens is 1. The van der Waals surface area contributed by atoms with E-state index in [9.17, 15) is 9.59 Å². The van der Waals surface area contributed by atoms with Gasteiger partial charge in [-0.2, -0.15) is 5.10 Å². The zero-order valence-corrected chi connectivity index (χ0v) is 15.8. The molecule has 0 fully saturated rings. The quantitative estimate of drug-likeness (QED) is 0.796. The number of hydrogen-bond donors (Lipinski definition) is 2. The molecule has 1 aromatic heterocycles. The SMILES string of the molecule is Cc1cc(OC(=O)N2C=CN(C(=O)C(N)CO)C=C2)n(-c2ccccc2)n1.Cl. The molecule has 3 N–H and O–H groups in total. The lowest BCUT2D eigenvalue weighted by Gasteiger charge is -2.23. The molecule has 0 spiro atoms. The van der Waals surface area contributed by atoms with Crippen LogP contribution in [0.1, 0.15) is 5.69 Å². The number of benzene rings is 1. The first-order valence-electron chi connectivity index (χ1n) is 8.17. The number of nitrogens with zero attached hydrogens (tertiary/aromatic N) is 4. The van der Waals surface area contributed by atoms with E-state index in [-0.39, 0.29) is 18.3 Å². The second-order valence-corrected chi connectivity index (χ2v) is 5.78. The molecule has 9 nitrogen and oxygen atoms in total. The van der Waals surface area contributed by atoms with Gasteiger partial charge in [0.05, 0.1) is 18.0 Å². The third-order valence-corrected chi connectivity index (χ3v) is 3.75. The first-order chi connectivity index (χ1) is 13.0. The van der Waals surface area contributed by atoms with Crippen molar-refractivity contribution >= 4 is 24.4 Å². The molecule has 2 amide bonds. The fourth-order valence-corrected chi connectivity index (χ4v) is 2.37. The number of aromatic nitrogens is 2. The average molecular weight is 406 g/mol. The van der Waals surface area contributed by atoms with E-state index in [0.717, 1.165) is 5.69 Å². The van der Waals surface area contributed by atoms with Crippen molar-refractivity contribution in [1.82, 2.24) is 19.6 Å². The number of carbonyl (C=O) groups is 2. The van der Waals surface area contributed by atoms with Crippen molar-refractivity contribution < 1.29 is 19.4 Å². The second kappa shape index (κ2) is 9.18. The topological polar surface area (TPSA) is 114 Å². The van der Waals surface area contributed by atoms with E-state index in [1.54, 1.807) is 13.0 Å². The number of aliphatic hydroxyl groups is 1. The van der Waals surface area contributed by atoms with Crippen molar-refractivity contribution in [3.63, 3.8) is 0 Å². The maximum atomic E-state index is 12.4. The molecule has 2 aromatic rings. The average Bonchev–Trinajstić information content (AvgIpc) is 3.07. The summed E-state index contributed by atoms with van der Waals surface area (Å²) in [5.74, 6) is -0.220. The molecule has 28 heavy (non-hydrogen) atoms. The molecule has 1 aliphatic heterocycles. The van der Waals surface area contributed by atoms with Gasteiger partial charge in [-0.25, -0.2) is 9.48 Å². The third kappa shape index (κ3) is 4.58. The summed E-state index contributed by atoms with van der Waals surface area (Å²) in [6.07, 6.45) is 4.77. The van der Waals surface area contributed by atoms with Gasteiger partial charge in [-0.05, 0) is 19.1 Å². The maximum absolute atomic E-state index is 12.4. The van der Waals surface area contributed by atoms with Crippen molar-refractivity contribution in [1.29, 1.82) is 0 Å². The molecule has 1 unspecified atom stereocenters. The van der Waals surface area contributed by atoms with Crippen LogP contribution in [-0.2, 0) is 4.79 Å². The van der Waals surface area contributed by atoms with Crippen LogP contribution in [0.4, 0.5) is 4.79 Å². The maximum Gasteiger partial charge on any atom is 0.424 e. The van der Waals surface area contributed by atoms with Gasteiger partial charge in [-0.1, -0.05) is 18.2 Å². The van der Waals surface area contributed by atoms with Crippen LogP contribution in [0.2, 0.25) is 0 Å². The van der Waals surface area contributed by atoms with Crippen LogP contribution in [-0.4, -0.2) is 49.3 Å². The Morgan fingerprint density at radius 3 is 2.36 bits per heavy atom. The lowest BCUT2D eigenvalue weighted by molar-refractivity contribution is -0.128. The van der Waals surface area contributed by atoms with Gasteiger partial charge in [0.1, 0.15) is 6.04 Å². The largest absolute Gasteiger partial charge is 0.424 e. The molecule has 0 bridgehead atoms. The van der Waals surface area contributed by atoms with Crippen LogP contribution >= 0.6 is 12.4 Å². The normalized spacial score (nSPS) is 13.8. The first kappa shape index (κ1) is 21.2. The molecule has 10 heteroatoms. The number of rotatable bonds is 4. The highest BCUT2D eigenvalue weighted by Crippen LogP contribution is 2.20. The van der Waals surface area contributed by atoms with E-state index in [1.807, 2.05) is 30.3 Å². The molecular formula is C18H20ClN5O4. The van der Waals surface area contributed by atoms with Crippen molar-refractivity contribution in [2.75, 3.05) is 6.61 Å². The smallest absolute Gasteiger partial charge is 0.394 e. The highest BCUT2D eigenvalue weighted by Gasteiger charge is 2.22. The third-order valence-electron chi connectivity index (χ3n) is 3.75. The van der Waals surface area contributed by atoms with Crippen LogP contribution < -0.4 is 10.5 Å². The highest BCUT2D eigenvalue weighted by molar-refractivity contribution is 5.85. The summed E-state index contributed by atoms with van der Waals surface area (Å²) in [6, 6.07) is 9.91. The zero-order valence-electron chi connectivity index (χ0n) is 15.0. The fourth-order valence-electron chi connectivity index (χ4n) is 2.37. The van der Waals surface area contributed by atoms with Crippen LogP contribution in [0.15, 0.2) is 61.2 Å². The minimum Gasteiger partial charge on any atom is -0.394 e. The van der Waals surface area contributed by atoms with E-state index in [2.05, 4.69) is 5.10 Å². The summed E-state index contributed by atoms with van der Waals surface area (Å²) in [5.41, 5.74) is 6.95. The van der Waals surface area contributed by atoms with Crippen LogP contribution in [0, 0.1) is 6.92 Å². The van der Waals surface area contributed by atoms with Gasteiger partial charge in [0, 0.05) is 30.9 Å². The van der Waals surface area contributed by atoms with Gasteiger partial charge in [-0.15, -0.1) is 12.4 Å². The minimum atomic E-state index is -1.03. The van der Waals surface area contributed by atoms with E-state index in [0.29, 0.717) is 5.69 Å². The lowest BCUT2D eigenvalue weighted by Crippen LogP contribution is -2.42. The Labute approximate surface area is 167 Å². The zero-order chi connectivity index (χ0) is 19.4. The molecule has 2 heterocycles. The number of ether oxygens (including phenoxy) is 1. The number of aliphatic hydroxyl groups excluding tert-OH is 1. The summed E-state index contributed by atoms with van der Waals surface area (Å²) in [5, 5.41) is 13.3. The van der Waals surface area contributed by atoms with E-state index >= 15 is 0 Å². The van der Waals surface area contributed by atoms with E-state index in [4.69, 9.17) is 15.6 Å². The summed E-state index contributed by atoms with van der Waals surface area (Å²) in [4.78, 5) is 26.7. The summed E-state index contributed by atoms with van der Waals surface area (Å²) in [6.45, 7) is 1.33. The fraction of sp³-hybridized carbons (Fsp3) is 0.167. The van der Waals surface area contributed by atoms with Crippen molar-refractivity contribution in [3.8, 4) is 11.6 Å². The Bertz CT molecular complexity index is 883. The number of nitrogens with two attached hydrogens (primary N) is 1. The van der Waals surface area contributed by atoms with Gasteiger partial charge in [-0.3, -0.25) is 14.6 Å². The predicted octanol–water partition coefficient (Wildman–Crippen LogP) is 1.51. The standard InChI is InChI=1S/C18H19N5O4.ClH/c1-13-11-16(23(20-13)14-5-3-2-4-6-14)27-18(26)22-9-7-21(8-10-22)17(25)15(19)12-24;/h2-11,15,24H,12,19H2,1H3;1H. The molecule has 148 valence electrons. The molecule has 1 atom stereocenters. The molecule has 1 aromatic carbocycles. The lowest BCUT2D eigenvalue weighted by atomic mass is 10.3. The summed E-state index contributed by atoms with van der Waals surface area (Å²) >= 11 is 0. The van der Waals surface area contributed by atoms with Crippen molar-refractivity contribution in [2.45, 2.75) is 13.0 Å². The second-order valence-electron chi connectivity index (χ2n) is 5.78. The molecular weight excluding hydrogens is 386 g/mol. The Morgan fingerprint density at radius 1 is 1.14 bits per heavy atom. The molecule has 0 saturated carbocycles. The Balaban J connectivity index is 0.00000280. The van der Waals surface area contributed by atoms with Crippen LogP contribution in [0.25, 0.3) is 5.69 Å². The molecule has 0 saturated heterocycles. The first-order valence-corrected chi connectivity index (χ1v) is 8.17. The monoisotopic (exact) mass is 405 g/mol. The van der Waals surface area contributed by atoms with Gasteiger partial charge < -0.3 is 15.6 Å². The summed E-state index contributed by atoms with van der Waals surface area (Å²) < 4.78 is 6.97. The predicted molar refractivity (Wildman–Crippen MR) is 104 cm³/mol. The van der Waals surface area contributed by atoms with Gasteiger partial charge in [0.15, 0.2) is 0 Å². The minimum absolute atomic E-state index is 0. The number of carbonyl (C=O) groups excluding carboxylic acids is 2.